The topological polar surface area (TPSA) is 79.2 Å². The van der Waals surface area contributed by atoms with E-state index in [1.54, 1.807) is 26.0 Å². The van der Waals surface area contributed by atoms with Crippen LogP contribution in [0.5, 0.6) is 0 Å². The lowest BCUT2D eigenvalue weighted by Crippen LogP contribution is -2.31. The highest BCUT2D eigenvalue weighted by Gasteiger charge is 2.08. The summed E-state index contributed by atoms with van der Waals surface area (Å²) in [4.78, 5) is 22.2. The molecular weight excluding hydrogens is 220 g/mol. The van der Waals surface area contributed by atoms with Crippen LogP contribution in [0, 0.1) is 17.2 Å². The van der Waals surface area contributed by atoms with E-state index in [0.717, 1.165) is 0 Å². The van der Waals surface area contributed by atoms with Gasteiger partial charge in [-0.3, -0.25) is 9.59 Å². The number of nitriles is 1. The number of allylic oxidation sites excluding steroid dienone is 1. The van der Waals surface area contributed by atoms with Crippen LogP contribution in [0.3, 0.4) is 0 Å². The van der Waals surface area contributed by atoms with Crippen molar-refractivity contribution in [1.29, 1.82) is 5.26 Å². The van der Waals surface area contributed by atoms with Crippen molar-refractivity contribution >= 4 is 11.9 Å². The van der Waals surface area contributed by atoms with Gasteiger partial charge in [0, 0.05) is 12.5 Å². The molecule has 0 aromatic heterocycles. The molecule has 94 valence electrons. The quantitative estimate of drug-likeness (QED) is 0.556. The number of carbonyl (C=O) groups is 2. The Hall–Kier alpha value is -1.83. The fourth-order valence-electron chi connectivity index (χ4n) is 1.07. The van der Waals surface area contributed by atoms with Crippen LogP contribution in [-0.2, 0) is 14.3 Å². The molecule has 0 aliphatic carbocycles. The van der Waals surface area contributed by atoms with Crippen molar-refractivity contribution in [3.8, 4) is 6.07 Å². The van der Waals surface area contributed by atoms with E-state index in [9.17, 15) is 9.59 Å². The summed E-state index contributed by atoms with van der Waals surface area (Å²) in [6.07, 6.45) is 3.67. The Bertz CT molecular complexity index is 331. The second-order valence-corrected chi connectivity index (χ2v) is 3.73. The number of hydrogen-bond acceptors (Lipinski definition) is 4. The highest BCUT2D eigenvalue weighted by atomic mass is 16.5. The average molecular weight is 238 g/mol. The predicted molar refractivity (Wildman–Crippen MR) is 62.8 cm³/mol. The summed E-state index contributed by atoms with van der Waals surface area (Å²) in [6.45, 7) is 3.57. The van der Waals surface area contributed by atoms with E-state index in [1.807, 2.05) is 0 Å². The zero-order chi connectivity index (χ0) is 13.3. The van der Waals surface area contributed by atoms with Crippen LogP contribution in [0.2, 0.25) is 0 Å². The molecule has 0 aliphatic heterocycles. The van der Waals surface area contributed by atoms with Gasteiger partial charge in [0.05, 0.1) is 25.5 Å². The second kappa shape index (κ2) is 8.34. The lowest BCUT2D eigenvalue weighted by molar-refractivity contribution is -0.142. The van der Waals surface area contributed by atoms with Crippen molar-refractivity contribution in [2.45, 2.75) is 32.7 Å². The Balaban J connectivity index is 3.92. The fraction of sp³-hybridized carbons (Fsp3) is 0.583. The number of esters is 1. The number of nitrogens with one attached hydrogen (secondary N) is 1. The standard InChI is InChI=1S/C12H18N2O3/c1-9(8-13)4-5-10(2)14-11(15)6-7-12(16)17-3/h4-5,9-10H,6-7H2,1-3H3,(H,14,15). The van der Waals surface area contributed by atoms with Crippen LogP contribution in [0.15, 0.2) is 12.2 Å². The molecule has 0 aromatic carbocycles. The minimum Gasteiger partial charge on any atom is -0.469 e. The average Bonchev–Trinajstić information content (AvgIpc) is 2.32. The molecule has 1 amide bonds. The number of methoxy groups -OCH3 is 1. The summed E-state index contributed by atoms with van der Waals surface area (Å²) in [6, 6.07) is 1.90. The number of rotatable bonds is 6. The molecule has 0 fully saturated rings. The summed E-state index contributed by atoms with van der Waals surface area (Å²) < 4.78 is 4.43. The first-order valence-electron chi connectivity index (χ1n) is 5.43. The Morgan fingerprint density at radius 2 is 2.00 bits per heavy atom. The van der Waals surface area contributed by atoms with E-state index in [1.165, 1.54) is 7.11 Å². The first-order chi connectivity index (χ1) is 7.99. The molecular formula is C12H18N2O3. The van der Waals surface area contributed by atoms with Crippen molar-refractivity contribution in [2.75, 3.05) is 7.11 Å². The SMILES string of the molecule is COC(=O)CCC(=O)NC(C)C=CC(C)C#N. The number of carbonyl (C=O) groups excluding carboxylic acids is 2. The molecule has 0 aromatic rings. The maximum Gasteiger partial charge on any atom is 0.306 e. The molecule has 0 spiro atoms. The van der Waals surface area contributed by atoms with Gasteiger partial charge in [-0.1, -0.05) is 12.2 Å². The minimum atomic E-state index is -0.401. The summed E-state index contributed by atoms with van der Waals surface area (Å²) >= 11 is 0. The lowest BCUT2D eigenvalue weighted by atomic mass is 10.1. The van der Waals surface area contributed by atoms with Crippen LogP contribution >= 0.6 is 0 Å². The van der Waals surface area contributed by atoms with Gasteiger partial charge < -0.3 is 10.1 Å². The molecule has 5 heteroatoms. The zero-order valence-electron chi connectivity index (χ0n) is 10.4. The maximum absolute atomic E-state index is 11.4. The zero-order valence-corrected chi connectivity index (χ0v) is 10.4. The summed E-state index contributed by atoms with van der Waals surface area (Å²) in [5, 5.41) is 11.3. The van der Waals surface area contributed by atoms with Crippen molar-refractivity contribution in [1.82, 2.24) is 5.32 Å². The van der Waals surface area contributed by atoms with Gasteiger partial charge in [-0.25, -0.2) is 0 Å². The normalized spacial score (nSPS) is 13.8. The minimum absolute atomic E-state index is 0.0768. The first kappa shape index (κ1) is 15.2. The Kier molecular flexibility index (Phi) is 7.44. The van der Waals surface area contributed by atoms with E-state index < -0.39 is 5.97 Å². The number of nitrogens with zero attached hydrogens (tertiary/aromatic N) is 1. The fourth-order valence-corrected chi connectivity index (χ4v) is 1.07. The molecule has 17 heavy (non-hydrogen) atoms. The van der Waals surface area contributed by atoms with Gasteiger partial charge in [-0.15, -0.1) is 0 Å². The van der Waals surface area contributed by atoms with E-state index >= 15 is 0 Å². The molecule has 2 unspecified atom stereocenters. The van der Waals surface area contributed by atoms with Gasteiger partial charge in [0.25, 0.3) is 0 Å². The molecule has 0 aliphatic rings. The van der Waals surface area contributed by atoms with Gasteiger partial charge in [-0.05, 0) is 13.8 Å². The highest BCUT2D eigenvalue weighted by Crippen LogP contribution is 1.97. The Labute approximate surface area is 101 Å². The van der Waals surface area contributed by atoms with Crippen LogP contribution < -0.4 is 5.32 Å². The number of ether oxygens (including phenoxy) is 1. The third-order valence-electron chi connectivity index (χ3n) is 2.06. The largest absolute Gasteiger partial charge is 0.469 e. The van der Waals surface area contributed by atoms with Gasteiger partial charge >= 0.3 is 5.97 Å². The molecule has 5 nitrogen and oxygen atoms in total. The summed E-state index contributed by atoms with van der Waals surface area (Å²) in [5.41, 5.74) is 0. The van der Waals surface area contributed by atoms with Gasteiger partial charge in [0.15, 0.2) is 0 Å². The van der Waals surface area contributed by atoms with E-state index in [2.05, 4.69) is 16.1 Å². The maximum atomic E-state index is 11.4. The first-order valence-corrected chi connectivity index (χ1v) is 5.43. The van der Waals surface area contributed by atoms with E-state index in [0.29, 0.717) is 0 Å². The van der Waals surface area contributed by atoms with Crippen LogP contribution in [0.4, 0.5) is 0 Å². The van der Waals surface area contributed by atoms with E-state index in [-0.39, 0.29) is 30.7 Å². The smallest absolute Gasteiger partial charge is 0.306 e. The third kappa shape index (κ3) is 8.03. The molecule has 0 heterocycles. The molecule has 0 saturated heterocycles. The Morgan fingerprint density at radius 3 is 2.53 bits per heavy atom. The summed E-state index contributed by atoms with van der Waals surface area (Å²) in [7, 11) is 1.29. The molecule has 0 radical (unpaired) electrons. The Morgan fingerprint density at radius 1 is 1.35 bits per heavy atom. The van der Waals surface area contributed by atoms with Crippen LogP contribution in [0.1, 0.15) is 26.7 Å². The predicted octanol–water partition coefficient (Wildman–Crippen LogP) is 1.16. The molecule has 0 bridgehead atoms. The number of hydrogen-bond donors (Lipinski definition) is 1. The van der Waals surface area contributed by atoms with Gasteiger partial charge in [-0.2, -0.15) is 5.26 Å². The molecule has 2 atom stereocenters. The van der Waals surface area contributed by atoms with Crippen molar-refractivity contribution < 1.29 is 14.3 Å². The van der Waals surface area contributed by atoms with E-state index in [4.69, 9.17) is 5.26 Å². The van der Waals surface area contributed by atoms with Crippen LogP contribution in [0.25, 0.3) is 0 Å². The molecule has 0 rings (SSSR count). The molecule has 1 N–H and O–H groups in total. The lowest BCUT2D eigenvalue weighted by Gasteiger charge is -2.09. The second-order valence-electron chi connectivity index (χ2n) is 3.73. The van der Waals surface area contributed by atoms with Crippen molar-refractivity contribution in [3.63, 3.8) is 0 Å². The monoisotopic (exact) mass is 238 g/mol. The molecule has 0 saturated carbocycles. The highest BCUT2D eigenvalue weighted by molar-refractivity contribution is 5.81. The third-order valence-corrected chi connectivity index (χ3v) is 2.06. The van der Waals surface area contributed by atoms with Gasteiger partial charge in [0.1, 0.15) is 0 Å². The number of amides is 1. The van der Waals surface area contributed by atoms with Crippen molar-refractivity contribution in [2.24, 2.45) is 5.92 Å². The van der Waals surface area contributed by atoms with Gasteiger partial charge in [0.2, 0.25) is 5.91 Å². The van der Waals surface area contributed by atoms with Crippen LogP contribution in [-0.4, -0.2) is 25.0 Å². The summed E-state index contributed by atoms with van der Waals surface area (Å²) in [5.74, 6) is -0.789. The van der Waals surface area contributed by atoms with Crippen molar-refractivity contribution in [3.05, 3.63) is 12.2 Å².